The van der Waals surface area contributed by atoms with Crippen LogP contribution in [0.3, 0.4) is 0 Å². The summed E-state index contributed by atoms with van der Waals surface area (Å²) in [6.45, 7) is 1.70. The van der Waals surface area contributed by atoms with Gasteiger partial charge in [0.2, 0.25) is 0 Å². The molecule has 1 heterocycles. The molecule has 0 aliphatic rings. The summed E-state index contributed by atoms with van der Waals surface area (Å²) in [5, 5.41) is 13.5. The molecule has 0 spiro atoms. The summed E-state index contributed by atoms with van der Waals surface area (Å²) in [4.78, 5) is 11.2. The maximum Gasteiger partial charge on any atom is 0.339 e. The lowest BCUT2D eigenvalue weighted by Crippen LogP contribution is -1.98. The molecule has 104 valence electrons. The van der Waals surface area contributed by atoms with Crippen molar-refractivity contribution in [3.05, 3.63) is 72.1 Å². The largest absolute Gasteiger partial charge is 0.478 e. The van der Waals surface area contributed by atoms with Crippen LogP contribution in [0.1, 0.15) is 16.1 Å². The molecule has 2 aromatic carbocycles. The Labute approximate surface area is 122 Å². The fraction of sp³-hybridized carbons (Fsp3) is 0.0588. The zero-order valence-electron chi connectivity index (χ0n) is 11.5. The molecule has 1 N–H and O–H groups in total. The van der Waals surface area contributed by atoms with Crippen LogP contribution < -0.4 is 0 Å². The Balaban J connectivity index is 2.16. The standard InChI is InChI=1S/C17H14N2O2/c1-12-15(17(20)21)11-19(18-12)16-10-6-5-9-14(16)13-7-3-2-4-8-13/h2-11H,1H3,(H,20,21). The molecule has 0 unspecified atom stereocenters. The smallest absolute Gasteiger partial charge is 0.339 e. The van der Waals surface area contributed by atoms with E-state index >= 15 is 0 Å². The molecule has 0 aliphatic carbocycles. The Hall–Kier alpha value is -2.88. The van der Waals surface area contributed by atoms with Gasteiger partial charge < -0.3 is 5.11 Å². The van der Waals surface area contributed by atoms with E-state index in [1.807, 2.05) is 54.6 Å². The normalized spacial score (nSPS) is 10.5. The van der Waals surface area contributed by atoms with E-state index in [0.29, 0.717) is 5.69 Å². The summed E-state index contributed by atoms with van der Waals surface area (Å²) in [5.41, 5.74) is 3.66. The summed E-state index contributed by atoms with van der Waals surface area (Å²) in [6, 6.07) is 17.8. The van der Waals surface area contributed by atoms with Gasteiger partial charge >= 0.3 is 5.97 Å². The highest BCUT2D eigenvalue weighted by molar-refractivity contribution is 5.88. The molecule has 3 aromatic rings. The SMILES string of the molecule is Cc1nn(-c2ccccc2-c2ccccc2)cc1C(=O)O. The fourth-order valence-corrected chi connectivity index (χ4v) is 2.33. The van der Waals surface area contributed by atoms with Gasteiger partial charge in [0.15, 0.2) is 0 Å². The van der Waals surface area contributed by atoms with Crippen molar-refractivity contribution in [1.29, 1.82) is 0 Å². The highest BCUT2D eigenvalue weighted by atomic mass is 16.4. The van der Waals surface area contributed by atoms with Crippen LogP contribution in [0.5, 0.6) is 0 Å². The van der Waals surface area contributed by atoms with Crippen molar-refractivity contribution < 1.29 is 9.90 Å². The summed E-state index contributed by atoms with van der Waals surface area (Å²) in [5.74, 6) is -0.962. The van der Waals surface area contributed by atoms with Gasteiger partial charge in [-0.15, -0.1) is 0 Å². The first-order valence-corrected chi connectivity index (χ1v) is 6.61. The summed E-state index contributed by atoms with van der Waals surface area (Å²) in [7, 11) is 0. The number of aryl methyl sites for hydroxylation is 1. The number of hydrogen-bond donors (Lipinski definition) is 1. The molecule has 3 rings (SSSR count). The first-order valence-electron chi connectivity index (χ1n) is 6.61. The average Bonchev–Trinajstić information content (AvgIpc) is 2.90. The molecule has 4 heteroatoms. The van der Waals surface area contributed by atoms with E-state index in [2.05, 4.69) is 5.10 Å². The number of aromatic nitrogens is 2. The molecular weight excluding hydrogens is 264 g/mol. The summed E-state index contributed by atoms with van der Waals surface area (Å²) in [6.07, 6.45) is 1.56. The predicted molar refractivity (Wildman–Crippen MR) is 80.7 cm³/mol. The van der Waals surface area contributed by atoms with Gasteiger partial charge in [-0.1, -0.05) is 48.5 Å². The first-order chi connectivity index (χ1) is 10.2. The van der Waals surface area contributed by atoms with Gasteiger partial charge in [-0.2, -0.15) is 5.10 Å². The minimum Gasteiger partial charge on any atom is -0.478 e. The van der Waals surface area contributed by atoms with E-state index in [4.69, 9.17) is 5.11 Å². The fourth-order valence-electron chi connectivity index (χ4n) is 2.33. The third-order valence-corrected chi connectivity index (χ3v) is 3.36. The van der Waals surface area contributed by atoms with Gasteiger partial charge in [0.05, 0.1) is 11.4 Å². The Morgan fingerprint density at radius 3 is 2.38 bits per heavy atom. The maximum absolute atomic E-state index is 11.2. The van der Waals surface area contributed by atoms with Crippen molar-refractivity contribution >= 4 is 5.97 Å². The van der Waals surface area contributed by atoms with Crippen molar-refractivity contribution in [2.24, 2.45) is 0 Å². The quantitative estimate of drug-likeness (QED) is 0.797. The third-order valence-electron chi connectivity index (χ3n) is 3.36. The lowest BCUT2D eigenvalue weighted by Gasteiger charge is -2.09. The molecule has 0 fully saturated rings. The first kappa shape index (κ1) is 13.1. The third kappa shape index (κ3) is 2.43. The lowest BCUT2D eigenvalue weighted by molar-refractivity contribution is 0.0696. The zero-order chi connectivity index (χ0) is 14.8. The van der Waals surface area contributed by atoms with Gasteiger partial charge in [-0.05, 0) is 18.6 Å². The van der Waals surface area contributed by atoms with Crippen LogP contribution in [-0.4, -0.2) is 20.9 Å². The molecule has 0 saturated carbocycles. The number of carboxylic acid groups (broad SMARTS) is 1. The van der Waals surface area contributed by atoms with Crippen LogP contribution in [0.2, 0.25) is 0 Å². The molecule has 0 radical (unpaired) electrons. The number of carbonyl (C=O) groups is 1. The van der Waals surface area contributed by atoms with E-state index in [9.17, 15) is 4.79 Å². The second-order valence-electron chi connectivity index (χ2n) is 4.76. The second kappa shape index (κ2) is 5.25. The number of rotatable bonds is 3. The van der Waals surface area contributed by atoms with Gasteiger partial charge in [0.1, 0.15) is 5.56 Å². The molecule has 0 amide bonds. The van der Waals surface area contributed by atoms with Crippen LogP contribution in [0.25, 0.3) is 16.8 Å². The van der Waals surface area contributed by atoms with Crippen LogP contribution in [0.4, 0.5) is 0 Å². The van der Waals surface area contributed by atoms with E-state index in [0.717, 1.165) is 16.8 Å². The summed E-state index contributed by atoms with van der Waals surface area (Å²) < 4.78 is 1.63. The monoisotopic (exact) mass is 278 g/mol. The highest BCUT2D eigenvalue weighted by Gasteiger charge is 2.14. The average molecular weight is 278 g/mol. The van der Waals surface area contributed by atoms with E-state index in [1.165, 1.54) is 0 Å². The van der Waals surface area contributed by atoms with Crippen LogP contribution in [-0.2, 0) is 0 Å². The molecule has 4 nitrogen and oxygen atoms in total. The Morgan fingerprint density at radius 2 is 1.71 bits per heavy atom. The van der Waals surface area contributed by atoms with Crippen molar-refractivity contribution in [2.75, 3.05) is 0 Å². The van der Waals surface area contributed by atoms with Gasteiger partial charge in [-0.25, -0.2) is 9.48 Å². The van der Waals surface area contributed by atoms with Crippen molar-refractivity contribution in [2.45, 2.75) is 6.92 Å². The number of nitrogens with zero attached hydrogens (tertiary/aromatic N) is 2. The minimum atomic E-state index is -0.962. The van der Waals surface area contributed by atoms with Crippen LogP contribution in [0.15, 0.2) is 60.8 Å². The Morgan fingerprint density at radius 1 is 1.05 bits per heavy atom. The summed E-state index contributed by atoms with van der Waals surface area (Å²) >= 11 is 0. The minimum absolute atomic E-state index is 0.220. The van der Waals surface area contributed by atoms with E-state index < -0.39 is 5.97 Å². The van der Waals surface area contributed by atoms with Crippen molar-refractivity contribution in [1.82, 2.24) is 9.78 Å². The highest BCUT2D eigenvalue weighted by Crippen LogP contribution is 2.26. The van der Waals surface area contributed by atoms with Crippen molar-refractivity contribution in [3.8, 4) is 16.8 Å². The van der Waals surface area contributed by atoms with Crippen LogP contribution in [0, 0.1) is 6.92 Å². The molecule has 21 heavy (non-hydrogen) atoms. The topological polar surface area (TPSA) is 55.1 Å². The number of carboxylic acids is 1. The zero-order valence-corrected chi connectivity index (χ0v) is 11.5. The van der Waals surface area contributed by atoms with Gasteiger partial charge in [-0.3, -0.25) is 0 Å². The van der Waals surface area contributed by atoms with Crippen LogP contribution >= 0.6 is 0 Å². The van der Waals surface area contributed by atoms with Crippen molar-refractivity contribution in [3.63, 3.8) is 0 Å². The molecular formula is C17H14N2O2. The van der Waals surface area contributed by atoms with Gasteiger partial charge in [0.25, 0.3) is 0 Å². The number of hydrogen-bond acceptors (Lipinski definition) is 2. The number of para-hydroxylation sites is 1. The molecule has 0 saturated heterocycles. The molecule has 0 bridgehead atoms. The number of benzene rings is 2. The Bertz CT molecular complexity index is 792. The second-order valence-corrected chi connectivity index (χ2v) is 4.76. The number of aromatic carboxylic acids is 1. The molecule has 1 aromatic heterocycles. The molecule has 0 atom stereocenters. The predicted octanol–water partition coefficient (Wildman–Crippen LogP) is 3.55. The maximum atomic E-state index is 11.2. The van der Waals surface area contributed by atoms with E-state index in [-0.39, 0.29) is 5.56 Å². The van der Waals surface area contributed by atoms with E-state index in [1.54, 1.807) is 17.8 Å². The Kier molecular flexibility index (Phi) is 3.28. The van der Waals surface area contributed by atoms with Gasteiger partial charge in [0, 0.05) is 11.8 Å². The lowest BCUT2D eigenvalue weighted by atomic mass is 10.0. The molecule has 0 aliphatic heterocycles.